The van der Waals surface area contributed by atoms with Crippen LogP contribution in [-0.4, -0.2) is 21.5 Å². The average Bonchev–Trinajstić information content (AvgIpc) is 3.21. The summed E-state index contributed by atoms with van der Waals surface area (Å²) in [5.41, 5.74) is 1.51. The van der Waals surface area contributed by atoms with Gasteiger partial charge in [0.25, 0.3) is 11.5 Å². The van der Waals surface area contributed by atoms with Crippen molar-refractivity contribution in [2.24, 2.45) is 0 Å². The second-order valence-electron chi connectivity index (χ2n) is 7.96. The Labute approximate surface area is 163 Å². The molecule has 28 heavy (non-hydrogen) atoms. The first-order valence-corrected chi connectivity index (χ1v) is 10.4. The first-order chi connectivity index (χ1) is 13.6. The third-order valence-corrected chi connectivity index (χ3v) is 5.98. The molecule has 1 saturated carbocycles. The molecule has 6 nitrogen and oxygen atoms in total. The van der Waals surface area contributed by atoms with Crippen molar-refractivity contribution in [3.63, 3.8) is 0 Å². The summed E-state index contributed by atoms with van der Waals surface area (Å²) in [6.45, 7) is 0.389. The van der Waals surface area contributed by atoms with E-state index in [0.717, 1.165) is 44.9 Å². The molecule has 0 spiro atoms. The summed E-state index contributed by atoms with van der Waals surface area (Å²) in [5.74, 6) is -0.150. The molecule has 0 unspecified atom stereocenters. The molecule has 0 bridgehead atoms. The molecule has 1 aromatic heterocycles. The number of H-pyrrole nitrogens is 1. The van der Waals surface area contributed by atoms with Crippen LogP contribution in [0.3, 0.4) is 0 Å². The number of allylic oxidation sites excluding steroid dienone is 2. The third kappa shape index (κ3) is 3.96. The van der Waals surface area contributed by atoms with Crippen LogP contribution >= 0.6 is 0 Å². The summed E-state index contributed by atoms with van der Waals surface area (Å²) in [7, 11) is 0. The van der Waals surface area contributed by atoms with E-state index in [4.69, 9.17) is 0 Å². The molecule has 0 radical (unpaired) electrons. The van der Waals surface area contributed by atoms with Crippen molar-refractivity contribution in [2.45, 2.75) is 70.4 Å². The van der Waals surface area contributed by atoms with Crippen LogP contribution in [0, 0.1) is 0 Å². The lowest BCUT2D eigenvalue weighted by Gasteiger charge is -2.14. The maximum atomic E-state index is 12.8. The molecular formula is C22H27N3O3. The van der Waals surface area contributed by atoms with Gasteiger partial charge in [-0.05, 0) is 63.1 Å². The van der Waals surface area contributed by atoms with Gasteiger partial charge in [-0.25, -0.2) is 4.79 Å². The number of aromatic amines is 1. The fourth-order valence-corrected chi connectivity index (χ4v) is 4.32. The number of rotatable bonds is 5. The van der Waals surface area contributed by atoms with Crippen LogP contribution in [-0.2, 0) is 6.54 Å². The number of hydrogen-bond donors (Lipinski definition) is 2. The topological polar surface area (TPSA) is 84.0 Å². The van der Waals surface area contributed by atoms with Crippen LogP contribution < -0.4 is 16.6 Å². The summed E-state index contributed by atoms with van der Waals surface area (Å²) in [6.07, 6.45) is 11.8. The Morgan fingerprint density at radius 1 is 1.14 bits per heavy atom. The minimum Gasteiger partial charge on any atom is -0.349 e. The molecule has 0 saturated heterocycles. The van der Waals surface area contributed by atoms with Crippen molar-refractivity contribution >= 4 is 16.8 Å². The van der Waals surface area contributed by atoms with Gasteiger partial charge in [0.15, 0.2) is 0 Å². The van der Waals surface area contributed by atoms with Gasteiger partial charge in [-0.2, -0.15) is 0 Å². The third-order valence-electron chi connectivity index (χ3n) is 5.98. The number of carbonyl (C=O) groups is 1. The molecule has 2 aliphatic rings. The van der Waals surface area contributed by atoms with Gasteiger partial charge in [0.2, 0.25) is 0 Å². The van der Waals surface area contributed by atoms with E-state index in [1.165, 1.54) is 23.0 Å². The van der Waals surface area contributed by atoms with Gasteiger partial charge in [-0.1, -0.05) is 24.5 Å². The van der Waals surface area contributed by atoms with Crippen molar-refractivity contribution in [1.29, 1.82) is 0 Å². The van der Waals surface area contributed by atoms with E-state index in [1.807, 2.05) is 0 Å². The van der Waals surface area contributed by atoms with Crippen LogP contribution in [0.2, 0.25) is 0 Å². The van der Waals surface area contributed by atoms with Crippen LogP contribution in [0.4, 0.5) is 0 Å². The van der Waals surface area contributed by atoms with Gasteiger partial charge in [-0.3, -0.25) is 14.2 Å². The zero-order chi connectivity index (χ0) is 19.5. The Balaban J connectivity index is 1.57. The average molecular weight is 381 g/mol. The van der Waals surface area contributed by atoms with Crippen LogP contribution in [0.1, 0.15) is 68.1 Å². The zero-order valence-electron chi connectivity index (χ0n) is 16.1. The predicted octanol–water partition coefficient (Wildman–Crippen LogP) is 3.25. The summed E-state index contributed by atoms with van der Waals surface area (Å²) in [4.78, 5) is 40.5. The molecule has 0 atom stereocenters. The van der Waals surface area contributed by atoms with E-state index in [1.54, 1.807) is 18.2 Å². The predicted molar refractivity (Wildman–Crippen MR) is 110 cm³/mol. The lowest BCUT2D eigenvalue weighted by Crippen LogP contribution is -2.35. The van der Waals surface area contributed by atoms with Crippen LogP contribution in [0.5, 0.6) is 0 Å². The second-order valence-corrected chi connectivity index (χ2v) is 7.96. The molecule has 4 rings (SSSR count). The van der Waals surface area contributed by atoms with Crippen molar-refractivity contribution < 1.29 is 4.79 Å². The van der Waals surface area contributed by atoms with E-state index >= 15 is 0 Å². The SMILES string of the molecule is O=C(NC1CCCC1)c1ccc2c(=O)n(CCC3=CCCCC3)c(=O)[nH]c2c1. The van der Waals surface area contributed by atoms with E-state index in [2.05, 4.69) is 16.4 Å². The van der Waals surface area contributed by atoms with E-state index in [9.17, 15) is 14.4 Å². The van der Waals surface area contributed by atoms with Gasteiger partial charge in [-0.15, -0.1) is 0 Å². The van der Waals surface area contributed by atoms with Gasteiger partial charge in [0.05, 0.1) is 10.9 Å². The highest BCUT2D eigenvalue weighted by molar-refractivity contribution is 5.97. The molecule has 0 aliphatic heterocycles. The maximum absolute atomic E-state index is 12.8. The summed E-state index contributed by atoms with van der Waals surface area (Å²) in [5, 5.41) is 3.48. The van der Waals surface area contributed by atoms with Crippen LogP contribution in [0.15, 0.2) is 39.4 Å². The normalized spacial score (nSPS) is 17.6. The molecule has 2 N–H and O–H groups in total. The smallest absolute Gasteiger partial charge is 0.328 e. The van der Waals surface area contributed by atoms with E-state index in [-0.39, 0.29) is 17.5 Å². The van der Waals surface area contributed by atoms with Gasteiger partial charge >= 0.3 is 5.69 Å². The molecule has 1 aromatic carbocycles. The number of carbonyl (C=O) groups excluding carboxylic acids is 1. The number of benzene rings is 1. The minimum absolute atomic E-state index is 0.150. The number of nitrogens with zero attached hydrogens (tertiary/aromatic N) is 1. The van der Waals surface area contributed by atoms with Gasteiger partial charge in [0.1, 0.15) is 0 Å². The second kappa shape index (κ2) is 8.17. The number of nitrogens with one attached hydrogen (secondary N) is 2. The standard InChI is InChI=1S/C22H27N3O3/c26-20(23-17-8-4-5-9-17)16-10-11-18-19(14-16)24-22(28)25(21(18)27)13-12-15-6-2-1-3-7-15/h6,10-11,14,17H,1-5,7-9,12-13H2,(H,23,26)(H,24,28). The summed E-state index contributed by atoms with van der Waals surface area (Å²) < 4.78 is 1.27. The molecule has 1 heterocycles. The molecular weight excluding hydrogens is 354 g/mol. The number of amides is 1. The van der Waals surface area contributed by atoms with Crippen molar-refractivity contribution in [1.82, 2.24) is 14.9 Å². The molecule has 2 aliphatic carbocycles. The minimum atomic E-state index is -0.415. The first-order valence-electron chi connectivity index (χ1n) is 10.4. The van der Waals surface area contributed by atoms with Crippen molar-refractivity contribution in [3.8, 4) is 0 Å². The number of fused-ring (bicyclic) bond motifs is 1. The molecule has 1 fully saturated rings. The molecule has 6 heteroatoms. The highest BCUT2D eigenvalue weighted by atomic mass is 16.2. The van der Waals surface area contributed by atoms with E-state index in [0.29, 0.717) is 23.0 Å². The Hall–Kier alpha value is -2.63. The Bertz CT molecular complexity index is 1030. The highest BCUT2D eigenvalue weighted by Crippen LogP contribution is 2.20. The van der Waals surface area contributed by atoms with Gasteiger partial charge in [0, 0.05) is 18.2 Å². The lowest BCUT2D eigenvalue weighted by molar-refractivity contribution is 0.0938. The monoisotopic (exact) mass is 381 g/mol. The fourth-order valence-electron chi connectivity index (χ4n) is 4.32. The Morgan fingerprint density at radius 2 is 1.96 bits per heavy atom. The molecule has 1 amide bonds. The summed E-state index contributed by atoms with van der Waals surface area (Å²) in [6, 6.07) is 5.15. The van der Waals surface area contributed by atoms with Crippen LogP contribution in [0.25, 0.3) is 10.9 Å². The number of aromatic nitrogens is 2. The summed E-state index contributed by atoms with van der Waals surface area (Å²) >= 11 is 0. The fraction of sp³-hybridized carbons (Fsp3) is 0.500. The largest absolute Gasteiger partial charge is 0.349 e. The Morgan fingerprint density at radius 3 is 2.71 bits per heavy atom. The Kier molecular flexibility index (Phi) is 5.46. The first kappa shape index (κ1) is 18.7. The molecule has 2 aromatic rings. The number of hydrogen-bond acceptors (Lipinski definition) is 3. The quantitative estimate of drug-likeness (QED) is 0.780. The van der Waals surface area contributed by atoms with Crippen molar-refractivity contribution in [2.75, 3.05) is 0 Å². The highest BCUT2D eigenvalue weighted by Gasteiger charge is 2.18. The maximum Gasteiger partial charge on any atom is 0.328 e. The van der Waals surface area contributed by atoms with Crippen molar-refractivity contribution in [3.05, 3.63) is 56.2 Å². The molecule has 148 valence electrons. The van der Waals surface area contributed by atoms with Gasteiger partial charge < -0.3 is 10.3 Å². The van der Waals surface area contributed by atoms with E-state index < -0.39 is 5.69 Å². The lowest BCUT2D eigenvalue weighted by atomic mass is 9.97. The zero-order valence-corrected chi connectivity index (χ0v) is 16.1.